The third-order valence-corrected chi connectivity index (χ3v) is 3.57. The van der Waals surface area contributed by atoms with E-state index in [1.165, 1.54) is 6.07 Å². The molecule has 0 aliphatic carbocycles. The van der Waals surface area contributed by atoms with E-state index >= 15 is 0 Å². The first-order valence-electron chi connectivity index (χ1n) is 7.99. The van der Waals surface area contributed by atoms with Gasteiger partial charge < -0.3 is 15.4 Å². The molecule has 0 aliphatic heterocycles. The zero-order valence-electron chi connectivity index (χ0n) is 14.4. The fraction of sp³-hybridized carbons (Fsp3) is 0.211. The first-order valence-corrected chi connectivity index (χ1v) is 8.37. The van der Waals surface area contributed by atoms with Crippen LogP contribution in [0.3, 0.4) is 0 Å². The molecule has 7 heteroatoms. The maximum atomic E-state index is 12.3. The van der Waals surface area contributed by atoms with Crippen LogP contribution in [0.1, 0.15) is 34.6 Å². The third-order valence-electron chi connectivity index (χ3n) is 3.32. The Morgan fingerprint density at radius 1 is 1.04 bits per heavy atom. The number of para-hydroxylation sites is 1. The van der Waals surface area contributed by atoms with E-state index in [0.717, 1.165) is 0 Å². The van der Waals surface area contributed by atoms with Crippen LogP contribution >= 0.6 is 11.6 Å². The van der Waals surface area contributed by atoms with Crippen molar-refractivity contribution >= 4 is 35.1 Å². The summed E-state index contributed by atoms with van der Waals surface area (Å²) in [6, 6.07) is 12.2. The number of carbonyl (C=O) groups excluding carboxylic acids is 3. The Hall–Kier alpha value is -2.86. The zero-order valence-corrected chi connectivity index (χ0v) is 15.2. The molecule has 0 saturated heterocycles. The van der Waals surface area contributed by atoms with Crippen molar-refractivity contribution in [3.63, 3.8) is 0 Å². The van der Waals surface area contributed by atoms with E-state index in [1.54, 1.807) is 42.5 Å². The molecule has 2 amide bonds. The average Bonchev–Trinajstić information content (AvgIpc) is 2.59. The first-order chi connectivity index (χ1) is 12.4. The lowest BCUT2D eigenvalue weighted by atomic mass is 10.1. The highest BCUT2D eigenvalue weighted by Crippen LogP contribution is 2.17. The number of ether oxygens (including phenoxy) is 1. The number of carbonyl (C=O) groups is 3. The zero-order chi connectivity index (χ0) is 19.1. The van der Waals surface area contributed by atoms with Crippen molar-refractivity contribution in [1.82, 2.24) is 5.32 Å². The van der Waals surface area contributed by atoms with Gasteiger partial charge in [-0.05, 0) is 50.2 Å². The van der Waals surface area contributed by atoms with Gasteiger partial charge in [0.15, 0.2) is 12.4 Å². The molecule has 2 aromatic rings. The number of hydrogen-bond donors (Lipinski definition) is 2. The molecule has 0 bridgehead atoms. The Kier molecular flexibility index (Phi) is 6.74. The smallest absolute Gasteiger partial charge is 0.340 e. The summed E-state index contributed by atoms with van der Waals surface area (Å²) in [5.41, 5.74) is 0.856. The van der Waals surface area contributed by atoms with Crippen LogP contribution < -0.4 is 10.6 Å². The second-order valence-electron chi connectivity index (χ2n) is 5.80. The average molecular weight is 375 g/mol. The minimum absolute atomic E-state index is 0.0499. The van der Waals surface area contributed by atoms with Gasteiger partial charge in [-0.3, -0.25) is 4.79 Å². The summed E-state index contributed by atoms with van der Waals surface area (Å²) >= 11 is 5.78. The number of anilines is 1. The number of halogens is 1. The normalized spacial score (nSPS) is 10.3. The van der Waals surface area contributed by atoms with E-state index in [4.69, 9.17) is 16.3 Å². The second kappa shape index (κ2) is 9.01. The van der Waals surface area contributed by atoms with Crippen molar-refractivity contribution in [1.29, 1.82) is 0 Å². The number of esters is 1. The van der Waals surface area contributed by atoms with Gasteiger partial charge in [0.2, 0.25) is 0 Å². The Morgan fingerprint density at radius 2 is 1.69 bits per heavy atom. The van der Waals surface area contributed by atoms with Crippen LogP contribution in [-0.2, 0) is 4.74 Å². The van der Waals surface area contributed by atoms with Crippen LogP contribution in [0.5, 0.6) is 0 Å². The number of Topliss-reactive ketones (excluding diaryl/α,β-unsaturated/α-hetero) is 1. The van der Waals surface area contributed by atoms with Crippen molar-refractivity contribution in [2.24, 2.45) is 0 Å². The van der Waals surface area contributed by atoms with Crippen LogP contribution in [0.2, 0.25) is 5.02 Å². The molecule has 2 rings (SSSR count). The second-order valence-corrected chi connectivity index (χ2v) is 6.24. The minimum Gasteiger partial charge on any atom is -0.454 e. The Labute approximate surface area is 156 Å². The number of urea groups is 1. The molecule has 136 valence electrons. The van der Waals surface area contributed by atoms with Gasteiger partial charge in [0.05, 0.1) is 11.3 Å². The summed E-state index contributed by atoms with van der Waals surface area (Å²) in [6.45, 7) is 3.23. The van der Waals surface area contributed by atoms with Gasteiger partial charge in [-0.2, -0.15) is 0 Å². The monoisotopic (exact) mass is 374 g/mol. The van der Waals surface area contributed by atoms with E-state index < -0.39 is 18.6 Å². The lowest BCUT2D eigenvalue weighted by Gasteiger charge is -2.13. The van der Waals surface area contributed by atoms with E-state index in [1.807, 2.05) is 13.8 Å². The van der Waals surface area contributed by atoms with Gasteiger partial charge in [-0.15, -0.1) is 0 Å². The van der Waals surface area contributed by atoms with E-state index in [2.05, 4.69) is 10.6 Å². The van der Waals surface area contributed by atoms with E-state index in [0.29, 0.717) is 16.3 Å². The van der Waals surface area contributed by atoms with Crippen LogP contribution in [-0.4, -0.2) is 30.4 Å². The topological polar surface area (TPSA) is 84.5 Å². The SMILES string of the molecule is CC(C)NC(=O)Nc1ccccc1C(=O)OCC(=O)c1ccc(Cl)cc1. The number of benzene rings is 2. The van der Waals surface area contributed by atoms with Crippen molar-refractivity contribution in [2.45, 2.75) is 19.9 Å². The fourth-order valence-corrected chi connectivity index (χ4v) is 2.24. The fourth-order valence-electron chi connectivity index (χ4n) is 2.12. The molecule has 26 heavy (non-hydrogen) atoms. The van der Waals surface area contributed by atoms with Crippen molar-refractivity contribution in [3.8, 4) is 0 Å². The number of amides is 2. The van der Waals surface area contributed by atoms with Crippen molar-refractivity contribution in [3.05, 3.63) is 64.7 Å². The van der Waals surface area contributed by atoms with Crippen molar-refractivity contribution in [2.75, 3.05) is 11.9 Å². The summed E-state index contributed by atoms with van der Waals surface area (Å²) in [7, 11) is 0. The van der Waals surface area contributed by atoms with Gasteiger partial charge in [-0.1, -0.05) is 23.7 Å². The predicted octanol–water partition coefficient (Wildman–Crippen LogP) is 3.91. The lowest BCUT2D eigenvalue weighted by molar-refractivity contribution is 0.0476. The number of ketones is 1. The molecule has 0 saturated carbocycles. The van der Waals surface area contributed by atoms with Gasteiger partial charge in [0, 0.05) is 16.6 Å². The summed E-state index contributed by atoms with van der Waals surface area (Å²) in [6.07, 6.45) is 0. The first kappa shape index (κ1) is 19.5. The standard InChI is InChI=1S/C19H19ClN2O4/c1-12(2)21-19(25)22-16-6-4-3-5-15(16)18(24)26-11-17(23)13-7-9-14(20)10-8-13/h3-10,12H,11H2,1-2H3,(H2,21,22,25). The molecule has 0 fully saturated rings. The minimum atomic E-state index is -0.701. The molecule has 0 unspecified atom stereocenters. The quantitative estimate of drug-likeness (QED) is 0.593. The molecular formula is C19H19ClN2O4. The molecule has 0 aliphatic rings. The molecule has 0 radical (unpaired) electrons. The lowest BCUT2D eigenvalue weighted by Crippen LogP contribution is -2.34. The van der Waals surface area contributed by atoms with Crippen molar-refractivity contribution < 1.29 is 19.1 Å². The highest BCUT2D eigenvalue weighted by molar-refractivity contribution is 6.30. The number of hydrogen-bond acceptors (Lipinski definition) is 4. The predicted molar refractivity (Wildman–Crippen MR) is 99.8 cm³/mol. The molecule has 2 aromatic carbocycles. The highest BCUT2D eigenvalue weighted by atomic mass is 35.5. The largest absolute Gasteiger partial charge is 0.454 e. The van der Waals surface area contributed by atoms with Crippen LogP contribution in [0.4, 0.5) is 10.5 Å². The summed E-state index contributed by atoms with van der Waals surface area (Å²) in [5.74, 6) is -1.05. The van der Waals surface area contributed by atoms with Gasteiger partial charge in [0.25, 0.3) is 0 Å². The molecule has 0 spiro atoms. The Morgan fingerprint density at radius 3 is 2.35 bits per heavy atom. The maximum Gasteiger partial charge on any atom is 0.340 e. The third kappa shape index (κ3) is 5.60. The molecule has 0 heterocycles. The molecule has 0 aromatic heterocycles. The molecule has 0 atom stereocenters. The van der Waals surface area contributed by atoms with Gasteiger partial charge >= 0.3 is 12.0 Å². The maximum absolute atomic E-state index is 12.3. The molecule has 2 N–H and O–H groups in total. The van der Waals surface area contributed by atoms with Gasteiger partial charge in [0.1, 0.15) is 0 Å². The Balaban J connectivity index is 2.02. The molecule has 6 nitrogen and oxygen atoms in total. The summed E-state index contributed by atoms with van der Waals surface area (Å²) < 4.78 is 5.08. The summed E-state index contributed by atoms with van der Waals surface area (Å²) in [5, 5.41) is 5.78. The molecular weight excluding hydrogens is 356 g/mol. The Bertz CT molecular complexity index is 803. The number of rotatable bonds is 6. The highest BCUT2D eigenvalue weighted by Gasteiger charge is 2.16. The summed E-state index contributed by atoms with van der Waals surface area (Å²) in [4.78, 5) is 36.2. The van der Waals surface area contributed by atoms with Crippen LogP contribution in [0, 0.1) is 0 Å². The van der Waals surface area contributed by atoms with Crippen LogP contribution in [0.15, 0.2) is 48.5 Å². The van der Waals surface area contributed by atoms with E-state index in [-0.39, 0.29) is 17.4 Å². The number of nitrogens with one attached hydrogen (secondary N) is 2. The van der Waals surface area contributed by atoms with Crippen LogP contribution in [0.25, 0.3) is 0 Å². The van der Waals surface area contributed by atoms with E-state index in [9.17, 15) is 14.4 Å². The van der Waals surface area contributed by atoms with Gasteiger partial charge in [-0.25, -0.2) is 9.59 Å².